The molecule has 0 radical (unpaired) electrons. The standard InChI is InChI=1S/C19H27F3N4O2.HI/c1-13(17(27)28-3)10-24-18(23-2)25-16-8-9-26(12-16)11-14-4-6-15(7-5-14)19(20,21)22;/h4-7,13,16H,8-12H2,1-3H3,(H2,23,24,25);1H. The minimum Gasteiger partial charge on any atom is -0.469 e. The second-order valence-corrected chi connectivity index (χ2v) is 6.94. The summed E-state index contributed by atoms with van der Waals surface area (Å²) < 4.78 is 42.6. The Kier molecular flexibility index (Phi) is 10.2. The van der Waals surface area contributed by atoms with Gasteiger partial charge >= 0.3 is 12.1 Å². The molecule has 1 saturated heterocycles. The zero-order valence-corrected chi connectivity index (χ0v) is 19.1. The number of ether oxygens (including phenoxy) is 1. The molecule has 1 heterocycles. The van der Waals surface area contributed by atoms with Crippen molar-refractivity contribution in [2.24, 2.45) is 10.9 Å². The number of alkyl halides is 3. The van der Waals surface area contributed by atoms with Crippen molar-refractivity contribution < 1.29 is 22.7 Å². The number of nitrogens with one attached hydrogen (secondary N) is 2. The number of carbonyl (C=O) groups excluding carboxylic acids is 1. The number of aliphatic imine (C=N–C) groups is 1. The van der Waals surface area contributed by atoms with Crippen molar-refractivity contribution in [3.63, 3.8) is 0 Å². The molecule has 1 fully saturated rings. The monoisotopic (exact) mass is 528 g/mol. The van der Waals surface area contributed by atoms with Gasteiger partial charge in [0.25, 0.3) is 0 Å². The molecule has 2 atom stereocenters. The zero-order valence-electron chi connectivity index (χ0n) is 16.8. The van der Waals surface area contributed by atoms with Crippen molar-refractivity contribution in [3.8, 4) is 0 Å². The number of nitrogens with zero attached hydrogens (tertiary/aromatic N) is 2. The van der Waals surface area contributed by atoms with E-state index >= 15 is 0 Å². The summed E-state index contributed by atoms with van der Waals surface area (Å²) in [7, 11) is 3.02. The summed E-state index contributed by atoms with van der Waals surface area (Å²) in [6.07, 6.45) is -3.41. The van der Waals surface area contributed by atoms with Crippen LogP contribution in [0.4, 0.5) is 13.2 Å². The Balaban J connectivity index is 0.00000420. The molecule has 1 aliphatic rings. The summed E-state index contributed by atoms with van der Waals surface area (Å²) in [6.45, 7) is 4.38. The van der Waals surface area contributed by atoms with Crippen molar-refractivity contribution in [1.29, 1.82) is 0 Å². The van der Waals surface area contributed by atoms with Crippen molar-refractivity contribution in [3.05, 3.63) is 35.4 Å². The van der Waals surface area contributed by atoms with E-state index in [0.717, 1.165) is 37.2 Å². The lowest BCUT2D eigenvalue weighted by molar-refractivity contribution is -0.144. The van der Waals surface area contributed by atoms with E-state index in [2.05, 4.69) is 20.5 Å². The quantitative estimate of drug-likeness (QED) is 0.258. The largest absolute Gasteiger partial charge is 0.469 e. The molecule has 2 rings (SSSR count). The van der Waals surface area contributed by atoms with Gasteiger partial charge in [-0.05, 0) is 24.1 Å². The van der Waals surface area contributed by atoms with Crippen molar-refractivity contribution in [1.82, 2.24) is 15.5 Å². The van der Waals surface area contributed by atoms with E-state index in [4.69, 9.17) is 4.74 Å². The van der Waals surface area contributed by atoms with Crippen molar-refractivity contribution in [2.45, 2.75) is 32.1 Å². The van der Waals surface area contributed by atoms with Gasteiger partial charge in [0.15, 0.2) is 5.96 Å². The summed E-state index contributed by atoms with van der Waals surface area (Å²) in [5, 5.41) is 6.43. The first-order chi connectivity index (χ1) is 13.2. The first-order valence-corrected chi connectivity index (χ1v) is 9.16. The summed E-state index contributed by atoms with van der Waals surface area (Å²) in [4.78, 5) is 17.8. The molecule has 1 aliphatic heterocycles. The first-order valence-electron chi connectivity index (χ1n) is 9.16. The third-order valence-electron chi connectivity index (χ3n) is 4.70. The Morgan fingerprint density at radius 1 is 1.34 bits per heavy atom. The Morgan fingerprint density at radius 2 is 2.00 bits per heavy atom. The van der Waals surface area contributed by atoms with E-state index < -0.39 is 11.7 Å². The van der Waals surface area contributed by atoms with E-state index in [1.54, 1.807) is 14.0 Å². The molecule has 0 amide bonds. The van der Waals surface area contributed by atoms with Crippen LogP contribution in [0.15, 0.2) is 29.3 Å². The highest BCUT2D eigenvalue weighted by Gasteiger charge is 2.30. The number of methoxy groups -OCH3 is 1. The molecular formula is C19H28F3IN4O2. The number of likely N-dealkylation sites (tertiary alicyclic amines) is 1. The smallest absolute Gasteiger partial charge is 0.416 e. The number of carbonyl (C=O) groups is 1. The van der Waals surface area contributed by atoms with Gasteiger partial charge in [-0.2, -0.15) is 13.2 Å². The lowest BCUT2D eigenvalue weighted by atomic mass is 10.1. The molecule has 0 spiro atoms. The third-order valence-corrected chi connectivity index (χ3v) is 4.70. The molecule has 0 saturated carbocycles. The van der Waals surface area contributed by atoms with E-state index in [0.29, 0.717) is 19.0 Å². The maximum absolute atomic E-state index is 12.6. The lowest BCUT2D eigenvalue weighted by Gasteiger charge is -2.20. The van der Waals surface area contributed by atoms with Crippen molar-refractivity contribution in [2.75, 3.05) is 33.8 Å². The maximum atomic E-state index is 12.6. The van der Waals surface area contributed by atoms with Crippen LogP contribution in [-0.2, 0) is 22.3 Å². The van der Waals surface area contributed by atoms with E-state index in [9.17, 15) is 18.0 Å². The van der Waals surface area contributed by atoms with Crippen molar-refractivity contribution >= 4 is 35.9 Å². The predicted molar refractivity (Wildman–Crippen MR) is 116 cm³/mol. The zero-order chi connectivity index (χ0) is 20.7. The average molecular weight is 528 g/mol. The minimum atomic E-state index is -4.31. The number of benzene rings is 1. The van der Waals surface area contributed by atoms with Gasteiger partial charge in [0, 0.05) is 39.3 Å². The fourth-order valence-electron chi connectivity index (χ4n) is 3.07. The Bertz CT molecular complexity index is 683. The first kappa shape index (κ1) is 25.5. The van der Waals surface area contributed by atoms with Crippen LogP contribution < -0.4 is 10.6 Å². The van der Waals surface area contributed by atoms with E-state index in [1.165, 1.54) is 19.2 Å². The predicted octanol–water partition coefficient (Wildman–Crippen LogP) is 2.87. The maximum Gasteiger partial charge on any atom is 0.416 e. The van der Waals surface area contributed by atoms with Gasteiger partial charge in [-0.15, -0.1) is 24.0 Å². The van der Waals surface area contributed by atoms with Gasteiger partial charge in [0.1, 0.15) is 0 Å². The van der Waals surface area contributed by atoms with Crippen LogP contribution in [-0.4, -0.2) is 56.7 Å². The SMILES string of the molecule is CN=C(NCC(C)C(=O)OC)NC1CCN(Cc2ccc(C(F)(F)F)cc2)C1.I. The highest BCUT2D eigenvalue weighted by Crippen LogP contribution is 2.29. The Morgan fingerprint density at radius 3 is 2.55 bits per heavy atom. The van der Waals surface area contributed by atoms with Gasteiger partial charge in [0.2, 0.25) is 0 Å². The van der Waals surface area contributed by atoms with Gasteiger partial charge in [0.05, 0.1) is 18.6 Å². The van der Waals surface area contributed by atoms with Crippen LogP contribution in [0.3, 0.4) is 0 Å². The molecule has 2 unspecified atom stereocenters. The highest BCUT2D eigenvalue weighted by molar-refractivity contribution is 14.0. The number of hydrogen-bond donors (Lipinski definition) is 2. The summed E-state index contributed by atoms with van der Waals surface area (Å²) in [5.41, 5.74) is 0.219. The summed E-state index contributed by atoms with van der Waals surface area (Å²) >= 11 is 0. The summed E-state index contributed by atoms with van der Waals surface area (Å²) in [6, 6.07) is 5.47. The molecule has 1 aromatic rings. The van der Waals surface area contributed by atoms with Crippen LogP contribution in [0.2, 0.25) is 0 Å². The number of guanidine groups is 1. The van der Waals surface area contributed by atoms with Crippen LogP contribution in [0.5, 0.6) is 0 Å². The highest BCUT2D eigenvalue weighted by atomic mass is 127. The molecule has 10 heteroatoms. The fraction of sp³-hybridized carbons (Fsp3) is 0.579. The van der Waals surface area contributed by atoms with Gasteiger partial charge in [-0.3, -0.25) is 14.7 Å². The number of halogens is 4. The molecule has 0 bridgehead atoms. The van der Waals surface area contributed by atoms with Crippen LogP contribution >= 0.6 is 24.0 Å². The molecule has 2 N–H and O–H groups in total. The average Bonchev–Trinajstić information content (AvgIpc) is 3.10. The second-order valence-electron chi connectivity index (χ2n) is 6.94. The molecule has 0 aromatic heterocycles. The molecular weight excluding hydrogens is 500 g/mol. The van der Waals surface area contributed by atoms with Gasteiger partial charge in [-0.25, -0.2) is 0 Å². The molecule has 164 valence electrons. The van der Waals surface area contributed by atoms with Crippen LogP contribution in [0.1, 0.15) is 24.5 Å². The number of hydrogen-bond acceptors (Lipinski definition) is 4. The van der Waals surface area contributed by atoms with Crippen LogP contribution in [0, 0.1) is 5.92 Å². The minimum absolute atomic E-state index is 0. The van der Waals surface area contributed by atoms with Gasteiger partial charge in [-0.1, -0.05) is 19.1 Å². The van der Waals surface area contributed by atoms with Crippen LogP contribution in [0.25, 0.3) is 0 Å². The Hall–Kier alpha value is -1.56. The van der Waals surface area contributed by atoms with E-state index in [-0.39, 0.29) is 41.9 Å². The van der Waals surface area contributed by atoms with Gasteiger partial charge < -0.3 is 15.4 Å². The summed E-state index contributed by atoms with van der Waals surface area (Å²) in [5.74, 6) is 0.0342. The number of esters is 1. The molecule has 1 aromatic carbocycles. The second kappa shape index (κ2) is 11.6. The molecule has 6 nitrogen and oxygen atoms in total. The topological polar surface area (TPSA) is 66.0 Å². The normalized spacial score (nSPS) is 18.7. The Labute approximate surface area is 186 Å². The van der Waals surface area contributed by atoms with E-state index in [1.807, 2.05) is 0 Å². The number of rotatable bonds is 6. The molecule has 29 heavy (non-hydrogen) atoms. The lowest BCUT2D eigenvalue weighted by Crippen LogP contribution is -2.46. The third kappa shape index (κ3) is 8.00. The molecule has 0 aliphatic carbocycles. The fourth-order valence-corrected chi connectivity index (χ4v) is 3.07.